The van der Waals surface area contributed by atoms with Gasteiger partial charge in [-0.05, 0) is 70.6 Å². The maximum Gasteiger partial charge on any atom is 0.472 e. The van der Waals surface area contributed by atoms with Crippen LogP contribution < -0.4 is 0 Å². The zero-order valence-corrected chi connectivity index (χ0v) is 31.5. The molecule has 0 saturated heterocycles. The van der Waals surface area contributed by atoms with Gasteiger partial charge in [-0.2, -0.15) is 0 Å². The van der Waals surface area contributed by atoms with Crippen LogP contribution in [0, 0.1) is 0 Å². The quantitative estimate of drug-likeness (QED) is 0.0254. The number of unbranched alkanes of at least 4 members (excludes halogenated alkanes) is 11. The van der Waals surface area contributed by atoms with Crippen molar-refractivity contribution in [3.05, 3.63) is 60.8 Å². The molecule has 0 aromatic heterocycles. The number of ether oxygens (including phenoxy) is 2. The highest BCUT2D eigenvalue weighted by Crippen LogP contribution is 2.43. The molecule has 0 fully saturated rings. The summed E-state index contributed by atoms with van der Waals surface area (Å²) in [7, 11) is -4.52. The monoisotopic (exact) mass is 712 g/mol. The van der Waals surface area contributed by atoms with E-state index < -0.39 is 45.8 Å². The Morgan fingerprint density at radius 3 is 1.76 bits per heavy atom. The molecule has 0 spiro atoms. The maximum absolute atomic E-state index is 12.5. The first-order valence-electron chi connectivity index (χ1n) is 18.8. The Morgan fingerprint density at radius 2 is 1.16 bits per heavy atom. The van der Waals surface area contributed by atoms with Gasteiger partial charge in [0, 0.05) is 13.0 Å². The van der Waals surface area contributed by atoms with Crippen molar-refractivity contribution in [2.45, 2.75) is 148 Å². The summed E-state index contributed by atoms with van der Waals surface area (Å²) in [5.41, 5.74) is 0. The molecule has 0 aliphatic rings. The summed E-state index contributed by atoms with van der Waals surface area (Å²) >= 11 is 0. The van der Waals surface area contributed by atoms with Gasteiger partial charge in [-0.15, -0.1) is 0 Å². The number of phosphoric ester groups is 1. The number of hydrogen-bond donors (Lipinski definition) is 3. The summed E-state index contributed by atoms with van der Waals surface area (Å²) in [6.45, 7) is 3.27. The Labute approximate surface area is 298 Å². The van der Waals surface area contributed by atoms with E-state index in [9.17, 15) is 19.4 Å². The van der Waals surface area contributed by atoms with Crippen LogP contribution in [0.15, 0.2) is 60.8 Å². The van der Waals surface area contributed by atoms with Gasteiger partial charge in [-0.3, -0.25) is 13.8 Å². The molecule has 0 saturated carbocycles. The number of carbonyl (C=O) groups excluding carboxylic acids is 1. The summed E-state index contributed by atoms with van der Waals surface area (Å²) in [5.74, 6) is -0.419. The highest BCUT2D eigenvalue weighted by molar-refractivity contribution is 7.47. The third-order valence-corrected chi connectivity index (χ3v) is 8.39. The molecule has 0 amide bonds. The molecule has 3 N–H and O–H groups in total. The third-order valence-electron chi connectivity index (χ3n) is 7.44. The van der Waals surface area contributed by atoms with Crippen LogP contribution in [-0.2, 0) is 27.9 Å². The molecule has 0 heterocycles. The SMILES string of the molecule is CC/C=C\C/C=C\C/C=C\CCCCCC(=O)OC(COCCCCCCCC/C=C\C/C=C\CCCC)COP(=O)(O)OCC(O)CO. The third kappa shape index (κ3) is 35.8. The fourth-order valence-electron chi connectivity index (χ4n) is 4.56. The Balaban J connectivity index is 4.32. The highest BCUT2D eigenvalue weighted by atomic mass is 31.2. The number of aliphatic hydroxyl groups is 2. The molecule has 0 aliphatic carbocycles. The largest absolute Gasteiger partial charge is 0.472 e. The fraction of sp³-hybridized carbons (Fsp3) is 0.718. The number of carbonyl (C=O) groups is 1. The zero-order valence-electron chi connectivity index (χ0n) is 30.6. The van der Waals surface area contributed by atoms with Crippen LogP contribution in [0.3, 0.4) is 0 Å². The van der Waals surface area contributed by atoms with Crippen LogP contribution in [0.5, 0.6) is 0 Å². The van der Waals surface area contributed by atoms with Gasteiger partial charge in [0.25, 0.3) is 0 Å². The van der Waals surface area contributed by atoms with E-state index in [1.165, 1.54) is 38.5 Å². The molecule has 9 nitrogen and oxygen atoms in total. The lowest BCUT2D eigenvalue weighted by Gasteiger charge is -2.20. The van der Waals surface area contributed by atoms with E-state index >= 15 is 0 Å². The molecular formula is C39H69O9P. The van der Waals surface area contributed by atoms with E-state index in [-0.39, 0.29) is 13.0 Å². The predicted molar refractivity (Wildman–Crippen MR) is 200 cm³/mol. The molecular weight excluding hydrogens is 643 g/mol. The van der Waals surface area contributed by atoms with Crippen LogP contribution in [-0.4, -0.2) is 66.3 Å². The molecule has 10 heteroatoms. The van der Waals surface area contributed by atoms with E-state index in [4.69, 9.17) is 23.6 Å². The van der Waals surface area contributed by atoms with Crippen molar-refractivity contribution in [2.24, 2.45) is 0 Å². The summed E-state index contributed by atoms with van der Waals surface area (Å²) in [6.07, 6.45) is 38.9. The van der Waals surface area contributed by atoms with E-state index in [0.717, 1.165) is 70.6 Å². The van der Waals surface area contributed by atoms with Crippen molar-refractivity contribution in [3.63, 3.8) is 0 Å². The first-order valence-corrected chi connectivity index (χ1v) is 20.3. The normalized spacial score (nSPS) is 15.0. The van der Waals surface area contributed by atoms with Gasteiger partial charge in [0.1, 0.15) is 12.2 Å². The van der Waals surface area contributed by atoms with Crippen LogP contribution >= 0.6 is 7.82 Å². The molecule has 0 radical (unpaired) electrons. The van der Waals surface area contributed by atoms with Crippen LogP contribution in [0.4, 0.5) is 0 Å². The summed E-state index contributed by atoms with van der Waals surface area (Å²) in [4.78, 5) is 22.4. The summed E-state index contributed by atoms with van der Waals surface area (Å²) in [6, 6.07) is 0. The molecule has 49 heavy (non-hydrogen) atoms. The van der Waals surface area contributed by atoms with Crippen molar-refractivity contribution in [3.8, 4) is 0 Å². The molecule has 284 valence electrons. The predicted octanol–water partition coefficient (Wildman–Crippen LogP) is 9.63. The number of allylic oxidation sites excluding steroid dienone is 10. The minimum atomic E-state index is -4.52. The standard InChI is InChI=1S/C39H69O9P/c1-3-5-7-9-11-13-15-17-18-20-22-24-26-28-30-32-45-35-38(36-47-49(43,44)46-34-37(41)33-40)48-39(42)31-29-27-25-23-21-19-16-14-12-10-8-6-4-2/h6,8-9,11-12,14-15,17,19,21,37-38,40-41H,3-5,7,10,13,16,18,20,22-36H2,1-2H3,(H,43,44)/b8-6-,11-9-,14-12-,17-15-,21-19-. The minimum absolute atomic E-state index is 0.0270. The van der Waals surface area contributed by atoms with Crippen molar-refractivity contribution in [2.75, 3.05) is 33.0 Å². The fourth-order valence-corrected chi connectivity index (χ4v) is 5.35. The van der Waals surface area contributed by atoms with Crippen molar-refractivity contribution >= 4 is 13.8 Å². The number of phosphoric acid groups is 1. The van der Waals surface area contributed by atoms with Crippen molar-refractivity contribution in [1.82, 2.24) is 0 Å². The first kappa shape index (κ1) is 47.2. The zero-order chi connectivity index (χ0) is 36.1. The molecule has 0 aromatic carbocycles. The number of rotatable bonds is 35. The van der Waals surface area contributed by atoms with E-state index in [1.807, 2.05) is 0 Å². The van der Waals surface area contributed by atoms with E-state index in [2.05, 4.69) is 74.6 Å². The van der Waals surface area contributed by atoms with Gasteiger partial charge >= 0.3 is 13.8 Å². The molecule has 3 atom stereocenters. The Bertz CT molecular complexity index is 945. The average molecular weight is 713 g/mol. The lowest BCUT2D eigenvalue weighted by molar-refractivity contribution is -0.154. The Kier molecular flexibility index (Phi) is 34.6. The van der Waals surface area contributed by atoms with Crippen LogP contribution in [0.25, 0.3) is 0 Å². The molecule has 0 bridgehead atoms. The summed E-state index contributed by atoms with van der Waals surface area (Å²) in [5, 5.41) is 18.3. The molecule has 0 rings (SSSR count). The van der Waals surface area contributed by atoms with Crippen LogP contribution in [0.1, 0.15) is 136 Å². The van der Waals surface area contributed by atoms with Crippen LogP contribution in [0.2, 0.25) is 0 Å². The lowest BCUT2D eigenvalue weighted by atomic mass is 10.1. The lowest BCUT2D eigenvalue weighted by Crippen LogP contribution is -2.29. The Hall–Kier alpha value is -1.84. The molecule has 3 unspecified atom stereocenters. The Morgan fingerprint density at radius 1 is 0.653 bits per heavy atom. The molecule has 0 aliphatic heterocycles. The van der Waals surface area contributed by atoms with Gasteiger partial charge in [0.15, 0.2) is 0 Å². The number of hydrogen-bond acceptors (Lipinski definition) is 8. The van der Waals surface area contributed by atoms with Gasteiger partial charge in [-0.1, -0.05) is 120 Å². The minimum Gasteiger partial charge on any atom is -0.457 e. The van der Waals surface area contributed by atoms with E-state index in [1.54, 1.807) is 0 Å². The smallest absolute Gasteiger partial charge is 0.457 e. The van der Waals surface area contributed by atoms with Gasteiger partial charge in [-0.25, -0.2) is 4.57 Å². The van der Waals surface area contributed by atoms with Gasteiger partial charge in [0.05, 0.1) is 26.4 Å². The number of esters is 1. The highest BCUT2D eigenvalue weighted by Gasteiger charge is 2.26. The summed E-state index contributed by atoms with van der Waals surface area (Å²) < 4.78 is 33.2. The molecule has 0 aromatic rings. The van der Waals surface area contributed by atoms with Crippen molar-refractivity contribution in [1.29, 1.82) is 0 Å². The van der Waals surface area contributed by atoms with Gasteiger partial charge in [0.2, 0.25) is 0 Å². The maximum atomic E-state index is 12.5. The number of aliphatic hydroxyl groups excluding tert-OH is 2. The average Bonchev–Trinajstić information content (AvgIpc) is 3.09. The topological polar surface area (TPSA) is 132 Å². The van der Waals surface area contributed by atoms with E-state index in [0.29, 0.717) is 13.0 Å². The first-order chi connectivity index (χ1) is 23.8. The van der Waals surface area contributed by atoms with Gasteiger partial charge < -0.3 is 24.6 Å². The second kappa shape index (κ2) is 36.0. The van der Waals surface area contributed by atoms with Crippen molar-refractivity contribution < 1.29 is 43.0 Å². The second-order valence-corrected chi connectivity index (χ2v) is 13.7. The second-order valence-electron chi connectivity index (χ2n) is 12.2.